The predicted octanol–water partition coefficient (Wildman–Crippen LogP) is 4.13. The fourth-order valence-electron chi connectivity index (χ4n) is 4.89. The molecule has 2 aromatic rings. The van der Waals surface area contributed by atoms with Gasteiger partial charge >= 0.3 is 0 Å². The van der Waals surface area contributed by atoms with Crippen LogP contribution in [0, 0.1) is 5.41 Å². The fraction of sp³-hybridized carbons (Fsp3) is 0.591. The number of rotatable bonds is 7. The van der Waals surface area contributed by atoms with E-state index in [2.05, 4.69) is 14.5 Å². The van der Waals surface area contributed by atoms with E-state index < -0.39 is 0 Å². The molecule has 0 bridgehead atoms. The number of imidazole rings is 1. The Morgan fingerprint density at radius 2 is 2.18 bits per heavy atom. The van der Waals surface area contributed by atoms with Gasteiger partial charge in [-0.3, -0.25) is 4.90 Å². The Kier molecular flexibility index (Phi) is 6.24. The van der Waals surface area contributed by atoms with Gasteiger partial charge in [-0.2, -0.15) is 0 Å². The Morgan fingerprint density at radius 3 is 2.96 bits per heavy atom. The van der Waals surface area contributed by atoms with Crippen molar-refractivity contribution < 1.29 is 9.84 Å². The number of hydrogen-bond donors (Lipinski definition) is 1. The lowest BCUT2D eigenvalue weighted by molar-refractivity contribution is -0.0122. The minimum absolute atomic E-state index is 0.0998. The van der Waals surface area contributed by atoms with E-state index in [-0.39, 0.29) is 11.5 Å². The van der Waals surface area contributed by atoms with Crippen molar-refractivity contribution in [2.75, 3.05) is 19.7 Å². The Hall–Kier alpha value is -1.56. The van der Waals surface area contributed by atoms with E-state index in [1.54, 1.807) is 6.20 Å². The predicted molar refractivity (Wildman–Crippen MR) is 111 cm³/mol. The second-order valence-corrected chi connectivity index (χ2v) is 8.78. The van der Waals surface area contributed by atoms with E-state index in [1.807, 2.05) is 30.7 Å². The maximum atomic E-state index is 10.5. The SMILES string of the molecule is O[C@@H]1CCC[C@]12CCCN(Cc1cc(Cl)ccc1OCCCn1ccnc1)C2. The fourth-order valence-corrected chi connectivity index (χ4v) is 5.09. The maximum absolute atomic E-state index is 10.5. The highest BCUT2D eigenvalue weighted by molar-refractivity contribution is 6.30. The monoisotopic (exact) mass is 403 g/mol. The van der Waals surface area contributed by atoms with E-state index in [4.69, 9.17) is 16.3 Å². The summed E-state index contributed by atoms with van der Waals surface area (Å²) in [6, 6.07) is 5.91. The first kappa shape index (κ1) is 19.7. The van der Waals surface area contributed by atoms with Crippen molar-refractivity contribution >= 4 is 11.6 Å². The third-order valence-corrected chi connectivity index (χ3v) is 6.58. The Balaban J connectivity index is 1.37. The molecule has 2 aliphatic rings. The van der Waals surface area contributed by atoms with Crippen LogP contribution in [0.25, 0.3) is 0 Å². The number of nitrogens with zero attached hydrogens (tertiary/aromatic N) is 3. The minimum Gasteiger partial charge on any atom is -0.493 e. The molecule has 1 aromatic carbocycles. The summed E-state index contributed by atoms with van der Waals surface area (Å²) in [4.78, 5) is 6.54. The number of piperidine rings is 1. The van der Waals surface area contributed by atoms with Gasteiger partial charge in [-0.25, -0.2) is 4.98 Å². The van der Waals surface area contributed by atoms with Gasteiger partial charge in [-0.05, 0) is 56.8 Å². The van der Waals surface area contributed by atoms with Crippen molar-refractivity contribution in [3.05, 3.63) is 47.5 Å². The molecule has 2 atom stereocenters. The smallest absolute Gasteiger partial charge is 0.123 e. The average molecular weight is 404 g/mol. The summed E-state index contributed by atoms with van der Waals surface area (Å²) in [7, 11) is 0. The van der Waals surface area contributed by atoms with E-state index in [9.17, 15) is 5.11 Å². The minimum atomic E-state index is -0.145. The summed E-state index contributed by atoms with van der Waals surface area (Å²) in [6.07, 6.45) is 11.9. The van der Waals surface area contributed by atoms with Gasteiger partial charge in [-0.15, -0.1) is 0 Å². The van der Waals surface area contributed by atoms with Crippen molar-refractivity contribution in [3.63, 3.8) is 0 Å². The third kappa shape index (κ3) is 4.53. The molecule has 0 amide bonds. The molecule has 1 aliphatic carbocycles. The van der Waals surface area contributed by atoms with Crippen LogP contribution in [0.15, 0.2) is 36.9 Å². The number of benzene rings is 1. The van der Waals surface area contributed by atoms with Gasteiger partial charge in [0.05, 0.1) is 19.0 Å². The largest absolute Gasteiger partial charge is 0.493 e. The standard InChI is InChI=1S/C22H30ClN3O2/c23-19-5-6-20(28-13-3-11-25-12-9-24-17-25)18(14-19)15-26-10-2-8-22(16-26)7-1-4-21(22)27/h5-6,9,12,14,17,21,27H,1-4,7-8,10-11,13,15-16H2/t21-,22-/m1/s1. The van der Waals surface area contributed by atoms with Gasteiger partial charge in [-0.1, -0.05) is 18.0 Å². The lowest BCUT2D eigenvalue weighted by Gasteiger charge is -2.42. The lowest BCUT2D eigenvalue weighted by atomic mass is 9.76. The topological polar surface area (TPSA) is 50.5 Å². The summed E-state index contributed by atoms with van der Waals surface area (Å²) in [6.45, 7) is 4.43. The molecule has 0 unspecified atom stereocenters. The molecule has 1 spiro atoms. The number of aliphatic hydroxyl groups excluding tert-OH is 1. The Bertz CT molecular complexity index is 767. The molecule has 2 fully saturated rings. The molecule has 1 N–H and O–H groups in total. The van der Waals surface area contributed by atoms with Crippen LogP contribution in [-0.4, -0.2) is 45.4 Å². The van der Waals surface area contributed by atoms with Gasteiger partial charge < -0.3 is 14.4 Å². The molecule has 152 valence electrons. The van der Waals surface area contributed by atoms with Crippen LogP contribution in [-0.2, 0) is 13.1 Å². The second kappa shape index (κ2) is 8.85. The van der Waals surface area contributed by atoms with Gasteiger partial charge in [0, 0.05) is 48.0 Å². The first-order chi connectivity index (χ1) is 13.6. The van der Waals surface area contributed by atoms with Crippen molar-refractivity contribution in [1.82, 2.24) is 14.5 Å². The summed E-state index contributed by atoms with van der Waals surface area (Å²) >= 11 is 6.28. The Labute approximate surface area is 172 Å². The first-order valence-corrected chi connectivity index (χ1v) is 10.8. The zero-order chi connectivity index (χ0) is 19.4. The molecule has 1 saturated carbocycles. The summed E-state index contributed by atoms with van der Waals surface area (Å²) in [5.41, 5.74) is 1.24. The number of hydrogen-bond acceptors (Lipinski definition) is 4. The number of aliphatic hydroxyl groups is 1. The lowest BCUT2D eigenvalue weighted by Crippen LogP contribution is -2.46. The van der Waals surface area contributed by atoms with Crippen LogP contribution in [0.5, 0.6) is 5.75 Å². The number of ether oxygens (including phenoxy) is 1. The summed E-state index contributed by atoms with van der Waals surface area (Å²) in [5, 5.41) is 11.3. The molecule has 1 aromatic heterocycles. The van der Waals surface area contributed by atoms with Crippen molar-refractivity contribution in [1.29, 1.82) is 0 Å². The van der Waals surface area contributed by atoms with Crippen molar-refractivity contribution in [2.45, 2.75) is 57.7 Å². The summed E-state index contributed by atoms with van der Waals surface area (Å²) < 4.78 is 8.16. The van der Waals surface area contributed by atoms with Gasteiger partial charge in [0.15, 0.2) is 0 Å². The highest BCUT2D eigenvalue weighted by Crippen LogP contribution is 2.45. The second-order valence-electron chi connectivity index (χ2n) is 8.34. The van der Waals surface area contributed by atoms with Crippen LogP contribution in [0.3, 0.4) is 0 Å². The quantitative estimate of drug-likeness (QED) is 0.706. The molecule has 1 saturated heterocycles. The molecular formula is C22H30ClN3O2. The number of likely N-dealkylation sites (tertiary alicyclic amines) is 1. The van der Waals surface area contributed by atoms with E-state index in [0.717, 1.165) is 81.0 Å². The first-order valence-electron chi connectivity index (χ1n) is 10.4. The maximum Gasteiger partial charge on any atom is 0.123 e. The van der Waals surface area contributed by atoms with E-state index in [1.165, 1.54) is 0 Å². The molecule has 1 aliphatic heterocycles. The van der Waals surface area contributed by atoms with E-state index in [0.29, 0.717) is 6.61 Å². The van der Waals surface area contributed by atoms with Crippen LogP contribution < -0.4 is 4.74 Å². The molecule has 6 heteroatoms. The zero-order valence-electron chi connectivity index (χ0n) is 16.4. The highest BCUT2D eigenvalue weighted by atomic mass is 35.5. The van der Waals surface area contributed by atoms with Crippen molar-refractivity contribution in [3.8, 4) is 5.75 Å². The molecule has 28 heavy (non-hydrogen) atoms. The number of halogens is 1. The Morgan fingerprint density at radius 1 is 1.29 bits per heavy atom. The molecular weight excluding hydrogens is 374 g/mol. The molecule has 2 heterocycles. The average Bonchev–Trinajstić information content (AvgIpc) is 3.31. The molecule has 5 nitrogen and oxygen atoms in total. The van der Waals surface area contributed by atoms with Gasteiger partial charge in [0.1, 0.15) is 5.75 Å². The zero-order valence-corrected chi connectivity index (χ0v) is 17.2. The molecule has 4 rings (SSSR count). The van der Waals surface area contributed by atoms with Crippen LogP contribution in [0.4, 0.5) is 0 Å². The van der Waals surface area contributed by atoms with Crippen LogP contribution in [0.1, 0.15) is 44.1 Å². The molecule has 0 radical (unpaired) electrons. The van der Waals surface area contributed by atoms with Gasteiger partial charge in [0.2, 0.25) is 0 Å². The number of aryl methyl sites for hydroxylation is 1. The van der Waals surface area contributed by atoms with E-state index >= 15 is 0 Å². The van der Waals surface area contributed by atoms with Crippen LogP contribution >= 0.6 is 11.6 Å². The number of aromatic nitrogens is 2. The normalized spacial score (nSPS) is 25.4. The third-order valence-electron chi connectivity index (χ3n) is 6.34. The van der Waals surface area contributed by atoms with Gasteiger partial charge in [0.25, 0.3) is 0 Å². The van der Waals surface area contributed by atoms with Crippen LogP contribution in [0.2, 0.25) is 5.02 Å². The summed E-state index contributed by atoms with van der Waals surface area (Å²) in [5.74, 6) is 0.918. The van der Waals surface area contributed by atoms with Crippen molar-refractivity contribution in [2.24, 2.45) is 5.41 Å². The highest BCUT2D eigenvalue weighted by Gasteiger charge is 2.44.